The highest BCUT2D eigenvalue weighted by Crippen LogP contribution is 2.53. The third kappa shape index (κ3) is 14.2. The van der Waals surface area contributed by atoms with E-state index in [-0.39, 0.29) is 25.2 Å². The molecular weight excluding hydrogens is 979 g/mol. The smallest absolute Gasteiger partial charge is 0.305 e. The number of hydrogen-bond acceptors (Lipinski definition) is 11. The van der Waals surface area contributed by atoms with Crippen molar-refractivity contribution >= 4 is 75.2 Å². The Labute approximate surface area is 435 Å². The Morgan fingerprint density at radius 2 is 1.56 bits per heavy atom. The second-order valence-electron chi connectivity index (χ2n) is 17.9. The maximum absolute atomic E-state index is 13.0. The van der Waals surface area contributed by atoms with Crippen LogP contribution in [0, 0.1) is 29.6 Å². The van der Waals surface area contributed by atoms with Crippen LogP contribution >= 0.6 is 11.8 Å². The number of aromatic nitrogens is 3. The van der Waals surface area contributed by atoms with Gasteiger partial charge >= 0.3 is 11.9 Å². The molecule has 1 aliphatic heterocycles. The van der Waals surface area contributed by atoms with E-state index in [4.69, 9.17) is 16.4 Å². The van der Waals surface area contributed by atoms with Gasteiger partial charge in [0.05, 0.1) is 25.2 Å². The van der Waals surface area contributed by atoms with E-state index >= 15 is 0 Å². The molecule has 8 N–H and O–H groups in total. The van der Waals surface area contributed by atoms with E-state index in [0.29, 0.717) is 31.6 Å². The number of carbonyl (C=O) groups is 7. The van der Waals surface area contributed by atoms with Gasteiger partial charge in [0.2, 0.25) is 29.5 Å². The van der Waals surface area contributed by atoms with Gasteiger partial charge in [0.1, 0.15) is 18.1 Å². The van der Waals surface area contributed by atoms with Crippen LogP contribution in [0.4, 0.5) is 0 Å². The van der Waals surface area contributed by atoms with Crippen LogP contribution in [0.25, 0.3) is 32.4 Å². The molecule has 21 heteroatoms. The van der Waals surface area contributed by atoms with Crippen molar-refractivity contribution in [3.8, 4) is 23.7 Å². The van der Waals surface area contributed by atoms with Gasteiger partial charge in [0.25, 0.3) is 0 Å². The minimum atomic E-state index is -1.57. The molecule has 5 aromatic rings. The summed E-state index contributed by atoms with van der Waals surface area (Å²) in [4.78, 5) is 90.4. The van der Waals surface area contributed by atoms with Gasteiger partial charge in [-0.25, -0.2) is 0 Å². The van der Waals surface area contributed by atoms with E-state index in [1.54, 1.807) is 22.6 Å². The lowest BCUT2D eigenvalue weighted by molar-refractivity contribution is -0.141. The predicted octanol–water partition coefficient (Wildman–Crippen LogP) is 4.89. The van der Waals surface area contributed by atoms with E-state index in [9.17, 15) is 38.7 Å². The summed E-state index contributed by atoms with van der Waals surface area (Å²) in [6.45, 7) is 3.53. The number of carboxylic acids is 2. The van der Waals surface area contributed by atoms with Gasteiger partial charge in [-0.15, -0.1) is 5.10 Å². The molecule has 0 saturated heterocycles. The van der Waals surface area contributed by atoms with Gasteiger partial charge in [-0.05, 0) is 112 Å². The normalized spacial score (nSPS) is 15.1. The molecule has 384 valence electrons. The van der Waals surface area contributed by atoms with E-state index in [1.165, 1.54) is 34.4 Å². The highest BCUT2D eigenvalue weighted by molar-refractivity contribution is 7.99. The Bertz CT molecular complexity index is 3300. The monoisotopic (exact) mass is 1030 g/mol. The summed E-state index contributed by atoms with van der Waals surface area (Å²) in [5, 5.41) is 42.0. The highest BCUT2D eigenvalue weighted by Gasteiger charge is 2.33. The van der Waals surface area contributed by atoms with Gasteiger partial charge in [0.15, 0.2) is 0 Å². The Balaban J connectivity index is 0.986. The van der Waals surface area contributed by atoms with Gasteiger partial charge in [-0.1, -0.05) is 89.1 Å². The Kier molecular flexibility index (Phi) is 18.1. The number of azide groups is 1. The first-order chi connectivity index (χ1) is 36.1. The second kappa shape index (κ2) is 25.2. The molecule has 75 heavy (non-hydrogen) atoms. The summed E-state index contributed by atoms with van der Waals surface area (Å²) in [6, 6.07) is 21.5. The number of carboxylic acid groups (broad SMARTS) is 2. The van der Waals surface area contributed by atoms with Crippen molar-refractivity contribution in [3.05, 3.63) is 129 Å². The molecule has 1 aliphatic carbocycles. The van der Waals surface area contributed by atoms with E-state index in [0.717, 1.165) is 44.0 Å². The Morgan fingerprint density at radius 3 is 2.24 bits per heavy atom. The van der Waals surface area contributed by atoms with Crippen molar-refractivity contribution in [1.29, 1.82) is 0 Å². The van der Waals surface area contributed by atoms with Crippen molar-refractivity contribution in [3.63, 3.8) is 0 Å². The number of nitrogens with two attached hydrogens (primary N) is 1. The molecule has 2 heterocycles. The van der Waals surface area contributed by atoms with Gasteiger partial charge in [-0.3, -0.25) is 38.2 Å². The standard InChI is InChI=1S/C54H53N11O9S/c1-31-25-36-16-15-35-11-3-4-12-38(35)50(36)49(31)51-39-26-33(9-5-7-23-58-63-56)13-19-43(39)75-44-20-14-34(27-40(44)51)10-6-8-24-65-30-37(62-64-65)17-21-45(66)61-42(28-48(70)71)53(73)57-29-46(67)60-41(18-22-47(68)69)54(74)59-32(2)52(55)72/h3-4,11-16,19-20,26-27,30-32,41-42H,7-8,17-18,21-25,28-29H2,1-2H3,(H2,55,72)(H,57,73)(H,59,74)(H,60,67)(H,61,66)(H,68,69)(H,70,71)/b51-49-/t31?,32-,41-,42-/m0/s1. The van der Waals surface area contributed by atoms with E-state index in [1.807, 2.05) is 12.1 Å². The summed E-state index contributed by atoms with van der Waals surface area (Å²) in [5.41, 5.74) is 23.3. The third-order valence-electron chi connectivity index (χ3n) is 12.4. The minimum absolute atomic E-state index is 0.105. The van der Waals surface area contributed by atoms with Gasteiger partial charge < -0.3 is 37.2 Å². The number of nitrogens with one attached hydrogen (secondary N) is 4. The lowest BCUT2D eigenvalue weighted by atomic mass is 9.84. The Morgan fingerprint density at radius 1 is 0.867 bits per heavy atom. The van der Waals surface area contributed by atoms with Crippen LogP contribution in [0.5, 0.6) is 0 Å². The van der Waals surface area contributed by atoms with Crippen LogP contribution in [0.15, 0.2) is 93.9 Å². The SMILES string of the molecule is CC1Cc2ccc3ccccc3c2/C1=C1/c2cc(C#CCCN=[N+]=[N-])ccc2Sc2ccc(C#CCCn3cc(CCC(=O)N[C@@H](CC(=O)O)C(=O)NCC(=O)N[C@@H](CCC(=O)O)C(=O)N[C@@H](C)C(N)=O)nn3)cc21. The highest BCUT2D eigenvalue weighted by atomic mass is 32.2. The number of aliphatic carboxylic acids is 2. The predicted molar refractivity (Wildman–Crippen MR) is 278 cm³/mol. The molecule has 0 radical (unpaired) electrons. The first-order valence-electron chi connectivity index (χ1n) is 24.1. The average Bonchev–Trinajstić information content (AvgIpc) is 3.99. The number of benzene rings is 4. The molecule has 4 aromatic carbocycles. The number of amides is 5. The fourth-order valence-corrected chi connectivity index (χ4v) is 9.81. The largest absolute Gasteiger partial charge is 0.481 e. The number of allylic oxidation sites excluding steroid dienone is 1. The van der Waals surface area contributed by atoms with Crippen molar-refractivity contribution in [2.45, 2.75) is 99.7 Å². The van der Waals surface area contributed by atoms with E-state index in [2.05, 4.69) is 133 Å². The number of hydrogen-bond donors (Lipinski definition) is 7. The summed E-state index contributed by atoms with van der Waals surface area (Å²) in [7, 11) is 0. The average molecular weight is 1030 g/mol. The molecule has 0 fully saturated rings. The molecule has 0 saturated carbocycles. The summed E-state index contributed by atoms with van der Waals surface area (Å²) in [5.74, 6) is 6.26. The van der Waals surface area contributed by atoms with Crippen LogP contribution < -0.4 is 27.0 Å². The fourth-order valence-electron chi connectivity index (χ4n) is 8.75. The zero-order valence-corrected chi connectivity index (χ0v) is 41.8. The first kappa shape index (κ1) is 53.9. The molecule has 20 nitrogen and oxygen atoms in total. The molecule has 1 aromatic heterocycles. The van der Waals surface area contributed by atoms with Crippen LogP contribution in [0.3, 0.4) is 0 Å². The lowest BCUT2D eigenvalue weighted by Crippen LogP contribution is -2.54. The molecule has 7 rings (SSSR count). The molecule has 2 aliphatic rings. The topological polar surface area (TPSA) is 314 Å². The number of fused-ring (bicyclic) bond motifs is 5. The Hall–Kier alpha value is -8.91. The number of aryl methyl sites for hydroxylation is 2. The fraction of sp³-hybridized carbons (Fsp3) is 0.315. The number of rotatable bonds is 20. The minimum Gasteiger partial charge on any atom is -0.481 e. The summed E-state index contributed by atoms with van der Waals surface area (Å²) in [6.07, 6.45) is 1.71. The van der Waals surface area contributed by atoms with Crippen molar-refractivity contribution in [2.24, 2.45) is 16.8 Å². The molecule has 4 atom stereocenters. The quantitative estimate of drug-likeness (QED) is 0.0177. The summed E-state index contributed by atoms with van der Waals surface area (Å²) < 4.78 is 1.60. The summed E-state index contributed by atoms with van der Waals surface area (Å²) >= 11 is 1.72. The van der Waals surface area contributed by atoms with Crippen LogP contribution in [0.1, 0.15) is 91.4 Å². The van der Waals surface area contributed by atoms with E-state index < -0.39 is 79.0 Å². The number of primary amides is 1. The molecule has 0 bridgehead atoms. The van der Waals surface area contributed by atoms with Crippen LogP contribution in [0.2, 0.25) is 0 Å². The van der Waals surface area contributed by atoms with Gasteiger partial charge in [0, 0.05) is 70.7 Å². The maximum Gasteiger partial charge on any atom is 0.305 e. The number of nitrogens with zero attached hydrogens (tertiary/aromatic N) is 6. The molecular formula is C54H53N11O9S. The van der Waals surface area contributed by atoms with Crippen molar-refractivity contribution in [2.75, 3.05) is 13.1 Å². The molecule has 1 unspecified atom stereocenters. The zero-order valence-electron chi connectivity index (χ0n) is 41.0. The van der Waals surface area contributed by atoms with Crippen LogP contribution in [-0.2, 0) is 52.9 Å². The van der Waals surface area contributed by atoms with Crippen LogP contribution in [-0.4, -0.2) is 97.9 Å². The molecule has 5 amide bonds. The lowest BCUT2D eigenvalue weighted by Gasteiger charge is -2.26. The molecule has 0 spiro atoms. The van der Waals surface area contributed by atoms with Crippen molar-refractivity contribution in [1.82, 2.24) is 36.3 Å². The second-order valence-corrected chi connectivity index (χ2v) is 19.0. The number of carbonyl (C=O) groups excluding carboxylic acids is 5. The zero-order chi connectivity index (χ0) is 53.6. The van der Waals surface area contributed by atoms with Gasteiger partial charge in [-0.2, -0.15) is 0 Å². The van der Waals surface area contributed by atoms with Crippen molar-refractivity contribution < 1.29 is 43.8 Å². The first-order valence-corrected chi connectivity index (χ1v) is 24.9. The third-order valence-corrected chi connectivity index (χ3v) is 13.5. The maximum atomic E-state index is 13.0.